The largest absolute Gasteiger partial charge is 0.309 e. The maximum Gasteiger partial charge on any atom is 0.0630 e. The first-order valence-corrected chi connectivity index (χ1v) is 20.0. The summed E-state index contributed by atoms with van der Waals surface area (Å²) in [5.74, 6) is 0. The molecule has 2 aliphatic carbocycles. The molecule has 266 valence electrons. The molecular weight excluding hydrogens is 689 g/mol. The molecule has 2 heteroatoms. The zero-order chi connectivity index (χ0) is 37.6. The molecule has 11 aromatic rings. The van der Waals surface area contributed by atoms with E-state index in [2.05, 4.69) is 205 Å². The van der Waals surface area contributed by atoms with Crippen molar-refractivity contribution < 1.29 is 0 Å². The van der Waals surface area contributed by atoms with Crippen LogP contribution in [0.1, 0.15) is 25.0 Å². The molecule has 2 nitrogen and oxygen atoms in total. The summed E-state index contributed by atoms with van der Waals surface area (Å²) in [6.07, 6.45) is 0. The zero-order valence-electron chi connectivity index (χ0n) is 31.7. The molecule has 2 heterocycles. The predicted octanol–water partition coefficient (Wildman–Crippen LogP) is 14.7. The van der Waals surface area contributed by atoms with E-state index in [4.69, 9.17) is 0 Å². The molecule has 0 amide bonds. The third kappa shape index (κ3) is 3.90. The van der Waals surface area contributed by atoms with Crippen molar-refractivity contribution in [2.75, 3.05) is 0 Å². The van der Waals surface area contributed by atoms with Gasteiger partial charge in [-0.3, -0.25) is 0 Å². The summed E-state index contributed by atoms with van der Waals surface area (Å²) >= 11 is 0. The average Bonchev–Trinajstić information content (AvgIpc) is 3.96. The number of benzene rings is 9. The van der Waals surface area contributed by atoms with Crippen LogP contribution in [0.5, 0.6) is 0 Å². The second-order valence-electron chi connectivity index (χ2n) is 16.4. The highest BCUT2D eigenvalue weighted by Crippen LogP contribution is 2.58. The predicted molar refractivity (Wildman–Crippen MR) is 240 cm³/mol. The van der Waals surface area contributed by atoms with Crippen LogP contribution in [-0.2, 0) is 5.41 Å². The van der Waals surface area contributed by atoms with Crippen LogP contribution in [0, 0.1) is 0 Å². The number of rotatable bonds is 3. The van der Waals surface area contributed by atoms with Crippen molar-refractivity contribution >= 4 is 54.4 Å². The van der Waals surface area contributed by atoms with Crippen LogP contribution < -0.4 is 0 Å². The summed E-state index contributed by atoms with van der Waals surface area (Å²) in [4.78, 5) is 0. The first-order chi connectivity index (χ1) is 28.1. The fourth-order valence-electron chi connectivity index (χ4n) is 10.9. The van der Waals surface area contributed by atoms with E-state index < -0.39 is 0 Å². The second kappa shape index (κ2) is 11.0. The molecule has 0 unspecified atom stereocenters. The summed E-state index contributed by atoms with van der Waals surface area (Å²) in [7, 11) is 0. The van der Waals surface area contributed by atoms with Crippen LogP contribution in [0.15, 0.2) is 182 Å². The molecule has 0 saturated carbocycles. The van der Waals surface area contributed by atoms with Crippen LogP contribution in [0.2, 0.25) is 0 Å². The minimum atomic E-state index is -0.245. The Hall–Kier alpha value is -7.16. The minimum Gasteiger partial charge on any atom is -0.309 e. The van der Waals surface area contributed by atoms with E-state index in [-0.39, 0.29) is 5.41 Å². The SMILES string of the molecule is CC1(C)c2ccccc2-c2c1c1c(c3ccccc3n1-c1ccccc1)c1c3ccccc3n(-c3cccc(-c4ccc5c6c(cccc46)-c4ccccc4-5)c3)c21. The lowest BCUT2D eigenvalue weighted by Gasteiger charge is -2.24. The summed E-state index contributed by atoms with van der Waals surface area (Å²) in [5.41, 5.74) is 20.3. The number of para-hydroxylation sites is 3. The van der Waals surface area contributed by atoms with Gasteiger partial charge in [-0.2, -0.15) is 0 Å². The van der Waals surface area contributed by atoms with Gasteiger partial charge in [0, 0.05) is 43.9 Å². The van der Waals surface area contributed by atoms with Crippen molar-refractivity contribution in [3.63, 3.8) is 0 Å². The average molecular weight is 725 g/mol. The summed E-state index contributed by atoms with van der Waals surface area (Å²) in [6.45, 7) is 4.86. The highest BCUT2D eigenvalue weighted by atomic mass is 15.0. The lowest BCUT2D eigenvalue weighted by Crippen LogP contribution is -2.16. The van der Waals surface area contributed by atoms with E-state index in [0.29, 0.717) is 0 Å². The fraction of sp³-hybridized carbons (Fsp3) is 0.0545. The minimum absolute atomic E-state index is 0.245. The van der Waals surface area contributed by atoms with Crippen LogP contribution in [-0.4, -0.2) is 9.13 Å². The molecule has 0 saturated heterocycles. The second-order valence-corrected chi connectivity index (χ2v) is 16.4. The molecule has 0 N–H and O–H groups in total. The van der Waals surface area contributed by atoms with Gasteiger partial charge >= 0.3 is 0 Å². The quantitative estimate of drug-likeness (QED) is 0.172. The van der Waals surface area contributed by atoms with Gasteiger partial charge in [-0.1, -0.05) is 159 Å². The number of aromatic nitrogens is 2. The Labute approximate surface area is 330 Å². The first kappa shape index (κ1) is 31.1. The van der Waals surface area contributed by atoms with Gasteiger partial charge in [0.2, 0.25) is 0 Å². The van der Waals surface area contributed by atoms with Crippen molar-refractivity contribution in [2.24, 2.45) is 0 Å². The third-order valence-electron chi connectivity index (χ3n) is 13.2. The first-order valence-electron chi connectivity index (χ1n) is 20.0. The molecule has 0 fully saturated rings. The normalized spacial score (nSPS) is 13.6. The molecule has 2 aromatic heterocycles. The van der Waals surface area contributed by atoms with E-state index >= 15 is 0 Å². The number of nitrogens with zero attached hydrogens (tertiary/aromatic N) is 2. The Morgan fingerprint density at radius 3 is 1.65 bits per heavy atom. The maximum atomic E-state index is 2.58. The Balaban J connectivity index is 1.18. The molecule has 0 bridgehead atoms. The standard InChI is InChI=1S/C55H36N2/c1-55(2)45-27-11-8-22-42(45)51-52(55)54-50(44-24-10-12-28-46(44)56(54)34-17-4-3-5-18-34)49-43-23-9-13-29-47(43)57(53(49)51)35-19-14-16-33(32-35)36-30-31-41-38-21-7-6-20-37(38)40-26-15-25-39(36)48(40)41/h3-32H,1-2H3. The molecule has 9 aromatic carbocycles. The van der Waals surface area contributed by atoms with E-state index in [1.807, 2.05) is 0 Å². The van der Waals surface area contributed by atoms with Gasteiger partial charge in [-0.05, 0) is 97.2 Å². The van der Waals surface area contributed by atoms with Crippen molar-refractivity contribution in [3.8, 4) is 55.9 Å². The molecule has 0 spiro atoms. The van der Waals surface area contributed by atoms with Crippen molar-refractivity contribution in [1.29, 1.82) is 0 Å². The van der Waals surface area contributed by atoms with Crippen LogP contribution in [0.4, 0.5) is 0 Å². The third-order valence-corrected chi connectivity index (χ3v) is 13.2. The fourth-order valence-corrected chi connectivity index (χ4v) is 10.9. The van der Waals surface area contributed by atoms with Gasteiger partial charge in [0.05, 0.1) is 22.1 Å². The van der Waals surface area contributed by atoms with Crippen LogP contribution in [0.3, 0.4) is 0 Å². The topological polar surface area (TPSA) is 9.86 Å². The summed E-state index contributed by atoms with van der Waals surface area (Å²) < 4.78 is 5.12. The van der Waals surface area contributed by atoms with E-state index in [1.165, 1.54) is 121 Å². The highest BCUT2D eigenvalue weighted by Gasteiger charge is 2.41. The number of hydrogen-bond donors (Lipinski definition) is 0. The van der Waals surface area contributed by atoms with Gasteiger partial charge in [0.1, 0.15) is 0 Å². The highest BCUT2D eigenvalue weighted by molar-refractivity contribution is 6.33. The van der Waals surface area contributed by atoms with Gasteiger partial charge in [-0.25, -0.2) is 0 Å². The number of hydrogen-bond acceptors (Lipinski definition) is 0. The monoisotopic (exact) mass is 724 g/mol. The Morgan fingerprint density at radius 2 is 0.895 bits per heavy atom. The summed E-state index contributed by atoms with van der Waals surface area (Å²) in [5, 5.41) is 7.83. The van der Waals surface area contributed by atoms with Gasteiger partial charge < -0.3 is 9.13 Å². The smallest absolute Gasteiger partial charge is 0.0630 e. The lowest BCUT2D eigenvalue weighted by molar-refractivity contribution is 0.664. The van der Waals surface area contributed by atoms with E-state index in [0.717, 1.165) is 0 Å². The molecule has 57 heavy (non-hydrogen) atoms. The van der Waals surface area contributed by atoms with Gasteiger partial charge in [0.25, 0.3) is 0 Å². The Bertz CT molecular complexity index is 3510. The molecule has 0 atom stereocenters. The van der Waals surface area contributed by atoms with Crippen LogP contribution >= 0.6 is 0 Å². The Kier molecular flexibility index (Phi) is 6.00. The van der Waals surface area contributed by atoms with Gasteiger partial charge in [-0.15, -0.1) is 0 Å². The molecule has 0 aliphatic heterocycles. The molecular formula is C55H36N2. The molecule has 13 rings (SSSR count). The van der Waals surface area contributed by atoms with Gasteiger partial charge in [0.15, 0.2) is 0 Å². The molecule has 0 radical (unpaired) electrons. The van der Waals surface area contributed by atoms with E-state index in [9.17, 15) is 0 Å². The summed E-state index contributed by atoms with van der Waals surface area (Å²) in [6, 6.07) is 67.8. The zero-order valence-corrected chi connectivity index (χ0v) is 31.7. The Morgan fingerprint density at radius 1 is 0.368 bits per heavy atom. The van der Waals surface area contributed by atoms with Crippen molar-refractivity contribution in [3.05, 3.63) is 193 Å². The molecule has 2 aliphatic rings. The van der Waals surface area contributed by atoms with E-state index in [1.54, 1.807) is 0 Å². The maximum absolute atomic E-state index is 2.58. The van der Waals surface area contributed by atoms with Crippen molar-refractivity contribution in [2.45, 2.75) is 19.3 Å². The van der Waals surface area contributed by atoms with Crippen LogP contribution in [0.25, 0.3) is 110 Å². The lowest BCUT2D eigenvalue weighted by atomic mass is 9.81. The van der Waals surface area contributed by atoms with Crippen molar-refractivity contribution in [1.82, 2.24) is 9.13 Å². The number of fused-ring (bicyclic) bond motifs is 15.